The molecule has 27 heavy (non-hydrogen) atoms. The van der Waals surface area contributed by atoms with Crippen molar-refractivity contribution in [2.45, 2.75) is 32.6 Å². The summed E-state index contributed by atoms with van der Waals surface area (Å²) < 4.78 is 5.68. The van der Waals surface area contributed by atoms with Crippen molar-refractivity contribution in [2.75, 3.05) is 0 Å². The third-order valence-electron chi connectivity index (χ3n) is 6.00. The molecule has 3 atom stereocenters. The van der Waals surface area contributed by atoms with Crippen molar-refractivity contribution >= 4 is 18.1 Å². The van der Waals surface area contributed by atoms with Gasteiger partial charge in [0.15, 0.2) is 0 Å². The molecule has 0 unspecified atom stereocenters. The summed E-state index contributed by atoms with van der Waals surface area (Å²) in [5.74, 6) is 0.613. The van der Waals surface area contributed by atoms with Crippen LogP contribution in [-0.4, -0.2) is 23.2 Å². The fraction of sp³-hybridized carbons (Fsp3) is 0.381. The van der Waals surface area contributed by atoms with E-state index in [4.69, 9.17) is 9.52 Å². The number of hydrazone groups is 1. The number of hydrogen-bond donors (Lipinski definition) is 2. The highest BCUT2D eigenvalue weighted by Crippen LogP contribution is 2.66. The lowest BCUT2D eigenvalue weighted by atomic mass is 9.90. The van der Waals surface area contributed by atoms with Crippen molar-refractivity contribution in [3.05, 3.63) is 47.7 Å². The van der Waals surface area contributed by atoms with Gasteiger partial charge in [-0.15, -0.1) is 0 Å². The number of hydrogen-bond acceptors (Lipinski definition) is 4. The average Bonchev–Trinajstić information content (AvgIpc) is 3.03. The fourth-order valence-electron chi connectivity index (χ4n) is 4.46. The topological polar surface area (TPSA) is 91.9 Å². The number of carboxylic acids is 1. The van der Waals surface area contributed by atoms with Crippen molar-refractivity contribution in [2.24, 2.45) is 22.4 Å². The Kier molecular flexibility index (Phi) is 4.34. The number of carboxylic acid groups (broad SMARTS) is 1. The molecule has 1 heterocycles. The lowest BCUT2D eigenvalue weighted by Crippen LogP contribution is -2.22. The van der Waals surface area contributed by atoms with Gasteiger partial charge in [-0.2, -0.15) is 5.10 Å². The highest BCUT2D eigenvalue weighted by atomic mass is 16.4. The molecule has 6 heteroatoms. The van der Waals surface area contributed by atoms with E-state index in [1.807, 2.05) is 0 Å². The summed E-state index contributed by atoms with van der Waals surface area (Å²) in [4.78, 5) is 23.5. The Morgan fingerprint density at radius 3 is 2.89 bits per heavy atom. The molecule has 2 aliphatic rings. The summed E-state index contributed by atoms with van der Waals surface area (Å²) in [6, 6.07) is 10.0. The van der Waals surface area contributed by atoms with Gasteiger partial charge in [0.05, 0.1) is 11.8 Å². The van der Waals surface area contributed by atoms with E-state index < -0.39 is 5.97 Å². The maximum atomic E-state index is 12.4. The number of amides is 1. The van der Waals surface area contributed by atoms with Crippen LogP contribution in [0.5, 0.6) is 0 Å². The van der Waals surface area contributed by atoms with Gasteiger partial charge in [0.2, 0.25) is 5.91 Å². The normalized spacial score (nSPS) is 26.6. The predicted molar refractivity (Wildman–Crippen MR) is 100 cm³/mol. The molecular formula is C21H22N2O4. The van der Waals surface area contributed by atoms with Gasteiger partial charge in [0.25, 0.3) is 0 Å². The van der Waals surface area contributed by atoms with Crippen LogP contribution in [0.3, 0.4) is 0 Å². The number of aromatic carboxylic acids is 1. The van der Waals surface area contributed by atoms with Gasteiger partial charge >= 0.3 is 5.97 Å². The summed E-state index contributed by atoms with van der Waals surface area (Å²) in [5.41, 5.74) is 3.67. The van der Waals surface area contributed by atoms with Crippen molar-refractivity contribution in [1.82, 2.24) is 5.43 Å². The van der Waals surface area contributed by atoms with Crippen LogP contribution in [0.15, 0.2) is 45.9 Å². The zero-order valence-electron chi connectivity index (χ0n) is 15.1. The van der Waals surface area contributed by atoms with Gasteiger partial charge in [-0.25, -0.2) is 10.2 Å². The molecule has 140 valence electrons. The number of furan rings is 1. The van der Waals surface area contributed by atoms with Gasteiger partial charge in [-0.1, -0.05) is 31.9 Å². The van der Waals surface area contributed by atoms with E-state index in [-0.39, 0.29) is 22.8 Å². The molecule has 6 nitrogen and oxygen atoms in total. The second kappa shape index (κ2) is 6.68. The molecule has 1 aromatic heterocycles. The van der Waals surface area contributed by atoms with Crippen molar-refractivity contribution in [3.8, 4) is 11.3 Å². The Morgan fingerprint density at radius 1 is 1.30 bits per heavy atom. The standard InChI is InChI=1S/C21H22N2O4/c1-21-10-3-2-7-16(21)18(21)19(24)23-22-12-15-8-9-17(27-15)13-5-4-6-14(11-13)20(25)26/h4-6,8-9,11-12,16,18H,2-3,7,10H2,1H3,(H,23,24)(H,25,26)/b22-12+/t16-,18+,21-/m0/s1. The van der Waals surface area contributed by atoms with E-state index >= 15 is 0 Å². The summed E-state index contributed by atoms with van der Waals surface area (Å²) in [7, 11) is 0. The number of carbonyl (C=O) groups is 2. The zero-order valence-corrected chi connectivity index (χ0v) is 15.1. The average molecular weight is 366 g/mol. The first-order chi connectivity index (χ1) is 13.0. The van der Waals surface area contributed by atoms with Crippen LogP contribution < -0.4 is 5.43 Å². The van der Waals surface area contributed by atoms with Crippen molar-refractivity contribution in [1.29, 1.82) is 0 Å². The van der Waals surface area contributed by atoms with Gasteiger partial charge in [-0.05, 0) is 48.4 Å². The van der Waals surface area contributed by atoms with Crippen LogP contribution in [0.1, 0.15) is 48.7 Å². The molecule has 1 amide bonds. The highest BCUT2D eigenvalue weighted by Gasteiger charge is 2.64. The molecule has 2 aromatic rings. The smallest absolute Gasteiger partial charge is 0.335 e. The maximum Gasteiger partial charge on any atom is 0.335 e. The quantitative estimate of drug-likeness (QED) is 0.620. The number of nitrogens with one attached hydrogen (secondary N) is 1. The minimum atomic E-state index is -0.984. The van der Waals surface area contributed by atoms with Crippen LogP contribution in [-0.2, 0) is 4.79 Å². The van der Waals surface area contributed by atoms with Gasteiger partial charge < -0.3 is 9.52 Å². The van der Waals surface area contributed by atoms with E-state index in [0.717, 1.165) is 12.8 Å². The van der Waals surface area contributed by atoms with E-state index in [0.29, 0.717) is 23.0 Å². The molecule has 2 fully saturated rings. The molecule has 1 aromatic carbocycles. The van der Waals surface area contributed by atoms with E-state index in [2.05, 4.69) is 17.5 Å². The first kappa shape index (κ1) is 17.5. The van der Waals surface area contributed by atoms with Crippen molar-refractivity contribution < 1.29 is 19.1 Å². The molecule has 4 rings (SSSR count). The second-order valence-electron chi connectivity index (χ2n) is 7.66. The Bertz CT molecular complexity index is 916. The van der Waals surface area contributed by atoms with Crippen molar-refractivity contribution in [3.63, 3.8) is 0 Å². The molecule has 0 saturated heterocycles. The molecular weight excluding hydrogens is 344 g/mol. The van der Waals surface area contributed by atoms with Gasteiger partial charge in [0, 0.05) is 11.5 Å². The number of nitrogens with zero attached hydrogens (tertiary/aromatic N) is 1. The predicted octanol–water partition coefficient (Wildman–Crippen LogP) is 3.92. The SMILES string of the molecule is C[C@]12CCCC[C@H]1[C@@H]2C(=O)N/N=C/c1ccc(-c2cccc(C(=O)O)c2)o1. The lowest BCUT2D eigenvalue weighted by Gasteiger charge is -2.15. The number of fused-ring (bicyclic) bond motifs is 1. The number of benzene rings is 1. The first-order valence-electron chi connectivity index (χ1n) is 9.25. The number of rotatable bonds is 5. The molecule has 0 spiro atoms. The van der Waals surface area contributed by atoms with E-state index in [1.54, 1.807) is 30.3 Å². The van der Waals surface area contributed by atoms with Crippen LogP contribution >= 0.6 is 0 Å². The molecule has 0 radical (unpaired) electrons. The molecule has 0 aliphatic heterocycles. The first-order valence-corrected chi connectivity index (χ1v) is 9.25. The fourth-order valence-corrected chi connectivity index (χ4v) is 4.46. The van der Waals surface area contributed by atoms with Gasteiger partial charge in [0.1, 0.15) is 11.5 Å². The second-order valence-corrected chi connectivity index (χ2v) is 7.66. The molecule has 2 saturated carbocycles. The highest BCUT2D eigenvalue weighted by molar-refractivity contribution is 5.89. The third-order valence-corrected chi connectivity index (χ3v) is 6.00. The Hall–Kier alpha value is -2.89. The van der Waals surface area contributed by atoms with Crippen LogP contribution in [0.4, 0.5) is 0 Å². The van der Waals surface area contributed by atoms with Gasteiger partial charge in [-0.3, -0.25) is 4.79 Å². The summed E-state index contributed by atoms with van der Waals surface area (Å²) >= 11 is 0. The van der Waals surface area contributed by atoms with Crippen LogP contribution in [0.25, 0.3) is 11.3 Å². The Labute approximate surface area is 157 Å². The molecule has 0 bridgehead atoms. The third kappa shape index (κ3) is 3.27. The van der Waals surface area contributed by atoms with E-state index in [1.165, 1.54) is 25.1 Å². The maximum absolute atomic E-state index is 12.4. The summed E-state index contributed by atoms with van der Waals surface area (Å²) in [5, 5.41) is 13.1. The van der Waals surface area contributed by atoms with Crippen LogP contribution in [0.2, 0.25) is 0 Å². The largest absolute Gasteiger partial charge is 0.478 e. The van der Waals surface area contributed by atoms with E-state index in [9.17, 15) is 9.59 Å². The molecule has 2 N–H and O–H groups in total. The monoisotopic (exact) mass is 366 g/mol. The summed E-state index contributed by atoms with van der Waals surface area (Å²) in [6.45, 7) is 2.20. The zero-order chi connectivity index (χ0) is 19.0. The Morgan fingerprint density at radius 2 is 2.15 bits per heavy atom. The summed E-state index contributed by atoms with van der Waals surface area (Å²) in [6.07, 6.45) is 6.15. The molecule has 2 aliphatic carbocycles. The minimum Gasteiger partial charge on any atom is -0.478 e. The van der Waals surface area contributed by atoms with Crippen LogP contribution in [0, 0.1) is 17.3 Å². The lowest BCUT2D eigenvalue weighted by molar-refractivity contribution is -0.123. The number of carbonyl (C=O) groups excluding carboxylic acids is 1. The Balaban J connectivity index is 1.39. The minimum absolute atomic E-state index is 0.0124.